The Kier molecular flexibility index (Phi) is 5.51. The summed E-state index contributed by atoms with van der Waals surface area (Å²) < 4.78 is 7.90. The molecule has 0 spiro atoms. The number of cyclic esters (lactones) is 1. The van der Waals surface area contributed by atoms with Crippen molar-refractivity contribution in [2.75, 3.05) is 0 Å². The van der Waals surface area contributed by atoms with Gasteiger partial charge in [-0.2, -0.15) is 0 Å². The van der Waals surface area contributed by atoms with Gasteiger partial charge in [-0.15, -0.1) is 0 Å². The van der Waals surface area contributed by atoms with Crippen molar-refractivity contribution >= 4 is 51.3 Å². The van der Waals surface area contributed by atoms with Crippen LogP contribution in [0.25, 0.3) is 6.08 Å². The standard InChI is InChI=1S/C20H13BrN4O4S/c1-24-9-8-22-20(24)30-17-7-2-12(11-16(17)25(27)28)10-15-19(26)29-18(23-15)13-3-5-14(21)6-4-13/h2-11H,1H3. The molecular formula is C20H13BrN4O4S. The minimum Gasteiger partial charge on any atom is -0.402 e. The number of carbonyl (C=O) groups is 1. The Morgan fingerprint density at radius 3 is 2.67 bits per heavy atom. The molecule has 1 aliphatic rings. The number of hydrogen-bond donors (Lipinski definition) is 0. The van der Waals surface area contributed by atoms with Crippen LogP contribution in [-0.4, -0.2) is 26.3 Å². The molecule has 10 heteroatoms. The predicted octanol–water partition coefficient (Wildman–Crippen LogP) is 4.59. The third-order valence-electron chi connectivity index (χ3n) is 4.17. The number of aliphatic imine (C=N–C) groups is 1. The second-order valence-corrected chi connectivity index (χ2v) is 8.17. The Balaban J connectivity index is 1.65. The number of imidazole rings is 1. The van der Waals surface area contributed by atoms with E-state index in [1.165, 1.54) is 23.9 Å². The molecule has 0 saturated carbocycles. The molecule has 0 amide bonds. The third-order valence-corrected chi connectivity index (χ3v) is 5.84. The molecule has 0 atom stereocenters. The minimum atomic E-state index is -0.609. The molecule has 0 N–H and O–H groups in total. The first-order valence-electron chi connectivity index (χ1n) is 8.63. The van der Waals surface area contributed by atoms with Gasteiger partial charge in [-0.3, -0.25) is 10.1 Å². The van der Waals surface area contributed by atoms with Gasteiger partial charge in [0, 0.05) is 35.5 Å². The highest BCUT2D eigenvalue weighted by molar-refractivity contribution is 9.10. The number of nitro benzene ring substituents is 1. The summed E-state index contributed by atoms with van der Waals surface area (Å²) in [5, 5.41) is 12.2. The second kappa shape index (κ2) is 8.25. The number of halogens is 1. The summed E-state index contributed by atoms with van der Waals surface area (Å²) in [6.45, 7) is 0. The maximum Gasteiger partial charge on any atom is 0.363 e. The van der Waals surface area contributed by atoms with Crippen LogP contribution in [0.15, 0.2) is 80.1 Å². The van der Waals surface area contributed by atoms with E-state index in [4.69, 9.17) is 4.74 Å². The van der Waals surface area contributed by atoms with Crippen molar-refractivity contribution in [2.24, 2.45) is 12.0 Å². The summed E-state index contributed by atoms with van der Waals surface area (Å²) in [6.07, 6.45) is 4.86. The summed E-state index contributed by atoms with van der Waals surface area (Å²) in [5.74, 6) is -0.419. The van der Waals surface area contributed by atoms with E-state index < -0.39 is 10.9 Å². The van der Waals surface area contributed by atoms with Crippen LogP contribution in [-0.2, 0) is 16.6 Å². The molecule has 30 heavy (non-hydrogen) atoms. The highest BCUT2D eigenvalue weighted by Gasteiger charge is 2.25. The predicted molar refractivity (Wildman–Crippen MR) is 115 cm³/mol. The van der Waals surface area contributed by atoms with Crippen molar-refractivity contribution in [3.05, 3.63) is 86.3 Å². The van der Waals surface area contributed by atoms with Crippen LogP contribution in [0.4, 0.5) is 5.69 Å². The van der Waals surface area contributed by atoms with Crippen molar-refractivity contribution in [1.29, 1.82) is 0 Å². The van der Waals surface area contributed by atoms with Crippen molar-refractivity contribution in [3.8, 4) is 0 Å². The van der Waals surface area contributed by atoms with Crippen molar-refractivity contribution in [1.82, 2.24) is 9.55 Å². The smallest absolute Gasteiger partial charge is 0.363 e. The first kappa shape index (κ1) is 20.0. The molecule has 0 unspecified atom stereocenters. The lowest BCUT2D eigenvalue weighted by Gasteiger charge is -2.04. The van der Waals surface area contributed by atoms with Crippen molar-refractivity contribution in [3.63, 3.8) is 0 Å². The van der Waals surface area contributed by atoms with E-state index in [9.17, 15) is 14.9 Å². The maximum absolute atomic E-state index is 12.2. The zero-order valence-electron chi connectivity index (χ0n) is 15.5. The van der Waals surface area contributed by atoms with Gasteiger partial charge in [0.1, 0.15) is 0 Å². The number of hydrogen-bond acceptors (Lipinski definition) is 7. The average Bonchev–Trinajstić information content (AvgIpc) is 3.29. The Hall–Kier alpha value is -3.24. The van der Waals surface area contributed by atoms with Gasteiger partial charge in [0.05, 0.1) is 9.82 Å². The number of nitrogens with zero attached hydrogens (tertiary/aromatic N) is 4. The molecular weight excluding hydrogens is 472 g/mol. The molecule has 1 aromatic heterocycles. The minimum absolute atomic E-state index is 0.0757. The topological polar surface area (TPSA) is 99.6 Å². The molecule has 3 aromatic rings. The zero-order chi connectivity index (χ0) is 21.3. The number of ether oxygens (including phenoxy) is 1. The molecule has 0 radical (unpaired) electrons. The lowest BCUT2D eigenvalue weighted by molar-refractivity contribution is -0.387. The van der Waals surface area contributed by atoms with E-state index >= 15 is 0 Å². The second-order valence-electron chi connectivity index (χ2n) is 6.25. The fraction of sp³-hybridized carbons (Fsp3) is 0.0500. The van der Waals surface area contributed by atoms with Gasteiger partial charge >= 0.3 is 5.97 Å². The van der Waals surface area contributed by atoms with Gasteiger partial charge in [-0.25, -0.2) is 14.8 Å². The van der Waals surface area contributed by atoms with Crippen molar-refractivity contribution < 1.29 is 14.5 Å². The highest BCUT2D eigenvalue weighted by atomic mass is 79.9. The first-order chi connectivity index (χ1) is 14.4. The van der Waals surface area contributed by atoms with E-state index in [0.29, 0.717) is 21.2 Å². The first-order valence-corrected chi connectivity index (χ1v) is 10.2. The Morgan fingerprint density at radius 1 is 1.23 bits per heavy atom. The molecule has 8 nitrogen and oxygen atoms in total. The maximum atomic E-state index is 12.2. The lowest BCUT2D eigenvalue weighted by Crippen LogP contribution is -2.05. The van der Waals surface area contributed by atoms with E-state index in [2.05, 4.69) is 25.9 Å². The third kappa shape index (κ3) is 4.19. The molecule has 4 rings (SSSR count). The molecule has 2 aromatic carbocycles. The number of carbonyl (C=O) groups excluding carboxylic acids is 1. The summed E-state index contributed by atoms with van der Waals surface area (Å²) in [6, 6.07) is 11.9. The number of aryl methyl sites for hydroxylation is 1. The SMILES string of the molecule is Cn1ccnc1Sc1ccc(C=C2N=C(c3ccc(Br)cc3)OC2=O)cc1[N+](=O)[O-]. The monoisotopic (exact) mass is 484 g/mol. The molecule has 0 fully saturated rings. The quantitative estimate of drug-likeness (QED) is 0.227. The number of rotatable bonds is 5. The molecule has 150 valence electrons. The molecule has 0 saturated heterocycles. The average molecular weight is 485 g/mol. The normalized spacial score (nSPS) is 14.7. The summed E-state index contributed by atoms with van der Waals surface area (Å²) in [4.78, 5) is 32.2. The van der Waals surface area contributed by atoms with Crippen molar-refractivity contribution in [2.45, 2.75) is 10.1 Å². The number of nitro groups is 1. The Morgan fingerprint density at radius 2 is 2.00 bits per heavy atom. The lowest BCUT2D eigenvalue weighted by atomic mass is 10.1. The van der Waals surface area contributed by atoms with E-state index in [1.807, 2.05) is 19.2 Å². The van der Waals surface area contributed by atoms with Gasteiger partial charge in [-0.1, -0.05) is 22.0 Å². The largest absolute Gasteiger partial charge is 0.402 e. The van der Waals surface area contributed by atoms with E-state index in [-0.39, 0.29) is 17.3 Å². The van der Waals surface area contributed by atoms with E-state index in [0.717, 1.165) is 4.47 Å². The van der Waals surface area contributed by atoms with Gasteiger partial charge in [-0.05, 0) is 53.7 Å². The number of benzene rings is 2. The van der Waals surface area contributed by atoms with Crippen LogP contribution in [0, 0.1) is 10.1 Å². The van der Waals surface area contributed by atoms with Gasteiger partial charge < -0.3 is 9.30 Å². The Labute approximate surface area is 183 Å². The van der Waals surface area contributed by atoms with Gasteiger partial charge in [0.2, 0.25) is 5.90 Å². The van der Waals surface area contributed by atoms with Crippen LogP contribution in [0.5, 0.6) is 0 Å². The summed E-state index contributed by atoms with van der Waals surface area (Å²) in [7, 11) is 1.81. The van der Waals surface area contributed by atoms with Crippen LogP contribution >= 0.6 is 27.7 Å². The fourth-order valence-corrected chi connectivity index (χ4v) is 3.84. The summed E-state index contributed by atoms with van der Waals surface area (Å²) >= 11 is 4.54. The highest BCUT2D eigenvalue weighted by Crippen LogP contribution is 2.35. The van der Waals surface area contributed by atoms with Crippen LogP contribution in [0.2, 0.25) is 0 Å². The van der Waals surface area contributed by atoms with Crippen LogP contribution in [0.1, 0.15) is 11.1 Å². The molecule has 1 aliphatic heterocycles. The molecule has 0 bridgehead atoms. The van der Waals surface area contributed by atoms with Crippen LogP contribution in [0.3, 0.4) is 0 Å². The zero-order valence-corrected chi connectivity index (χ0v) is 17.9. The molecule has 2 heterocycles. The van der Waals surface area contributed by atoms with Crippen LogP contribution < -0.4 is 0 Å². The summed E-state index contributed by atoms with van der Waals surface area (Å²) in [5.41, 5.74) is 1.12. The molecule has 0 aliphatic carbocycles. The number of esters is 1. The number of aromatic nitrogens is 2. The Bertz CT molecular complexity index is 1220. The van der Waals surface area contributed by atoms with E-state index in [1.54, 1.807) is 41.2 Å². The van der Waals surface area contributed by atoms with Gasteiger partial charge in [0.15, 0.2) is 10.9 Å². The fourth-order valence-electron chi connectivity index (χ4n) is 2.68. The van der Waals surface area contributed by atoms with Gasteiger partial charge in [0.25, 0.3) is 5.69 Å².